The fraction of sp³-hybridized carbons (Fsp3) is 0.500. The zero-order chi connectivity index (χ0) is 14.8. The average molecular weight is 290 g/mol. The second kappa shape index (κ2) is 5.84. The fourth-order valence-corrected chi connectivity index (χ4v) is 3.22. The van der Waals surface area contributed by atoms with Gasteiger partial charge in [0.05, 0.1) is 30.3 Å². The Kier molecular flexibility index (Phi) is 3.90. The van der Waals surface area contributed by atoms with Crippen molar-refractivity contribution in [3.63, 3.8) is 0 Å². The van der Waals surface area contributed by atoms with Crippen LogP contribution in [-0.2, 0) is 16.1 Å². The van der Waals surface area contributed by atoms with Crippen molar-refractivity contribution in [3.8, 4) is 0 Å². The van der Waals surface area contributed by atoms with E-state index in [1.165, 1.54) is 19.4 Å². The van der Waals surface area contributed by atoms with E-state index in [9.17, 15) is 9.18 Å². The molecule has 0 aromatic carbocycles. The lowest BCUT2D eigenvalue weighted by Gasteiger charge is -2.27. The van der Waals surface area contributed by atoms with Crippen LogP contribution in [0.4, 0.5) is 4.39 Å². The highest BCUT2D eigenvalue weighted by Crippen LogP contribution is 2.31. The minimum Gasteiger partial charge on any atom is -0.469 e. The monoisotopic (exact) mass is 290 g/mol. The summed E-state index contributed by atoms with van der Waals surface area (Å²) in [5.74, 6) is 0.166. The standard InChI is InChI=1S/C16H19FN2O2/c1-21-16(20)12-4-2-11(3-5-12)10-19-7-6-14-15(19)8-13(17)9-18-14/h6-9,11-12H,2-5,10H2,1H3. The molecule has 1 fully saturated rings. The Balaban J connectivity index is 1.67. The summed E-state index contributed by atoms with van der Waals surface area (Å²) in [6.45, 7) is 0.850. The molecule has 0 aliphatic heterocycles. The van der Waals surface area contributed by atoms with Crippen molar-refractivity contribution < 1.29 is 13.9 Å². The van der Waals surface area contributed by atoms with Crippen molar-refractivity contribution >= 4 is 17.0 Å². The highest BCUT2D eigenvalue weighted by Gasteiger charge is 2.27. The molecule has 0 spiro atoms. The summed E-state index contributed by atoms with van der Waals surface area (Å²) in [5, 5.41) is 0. The van der Waals surface area contributed by atoms with Crippen LogP contribution in [0.2, 0.25) is 0 Å². The number of carbonyl (C=O) groups excluding carboxylic acids is 1. The first-order chi connectivity index (χ1) is 10.2. The van der Waals surface area contributed by atoms with Crippen molar-refractivity contribution in [1.82, 2.24) is 9.55 Å². The van der Waals surface area contributed by atoms with Crippen molar-refractivity contribution in [2.75, 3.05) is 7.11 Å². The zero-order valence-electron chi connectivity index (χ0n) is 12.1. The smallest absolute Gasteiger partial charge is 0.308 e. The summed E-state index contributed by atoms with van der Waals surface area (Å²) in [6, 6.07) is 3.44. The van der Waals surface area contributed by atoms with Gasteiger partial charge < -0.3 is 9.30 Å². The number of fused-ring (bicyclic) bond motifs is 1. The Bertz CT molecular complexity index is 645. The van der Waals surface area contributed by atoms with Gasteiger partial charge in [0.2, 0.25) is 0 Å². The van der Waals surface area contributed by atoms with E-state index >= 15 is 0 Å². The van der Waals surface area contributed by atoms with Crippen LogP contribution < -0.4 is 0 Å². The summed E-state index contributed by atoms with van der Waals surface area (Å²) in [5.41, 5.74) is 1.66. The van der Waals surface area contributed by atoms with Gasteiger partial charge in [-0.25, -0.2) is 4.39 Å². The maximum absolute atomic E-state index is 13.3. The molecule has 0 saturated heterocycles. The highest BCUT2D eigenvalue weighted by molar-refractivity contribution is 5.75. The highest BCUT2D eigenvalue weighted by atomic mass is 19.1. The van der Waals surface area contributed by atoms with E-state index < -0.39 is 0 Å². The van der Waals surface area contributed by atoms with Gasteiger partial charge in [-0.05, 0) is 37.7 Å². The van der Waals surface area contributed by atoms with E-state index in [0.717, 1.165) is 43.3 Å². The number of aromatic nitrogens is 2. The Hall–Kier alpha value is -1.91. The van der Waals surface area contributed by atoms with E-state index in [1.807, 2.05) is 12.3 Å². The normalized spacial score (nSPS) is 22.4. The maximum Gasteiger partial charge on any atom is 0.308 e. The van der Waals surface area contributed by atoms with Crippen molar-refractivity contribution in [2.45, 2.75) is 32.2 Å². The lowest BCUT2D eigenvalue weighted by Crippen LogP contribution is -2.24. The third kappa shape index (κ3) is 2.91. The number of hydrogen-bond donors (Lipinski definition) is 0. The Morgan fingerprint density at radius 2 is 2.19 bits per heavy atom. The van der Waals surface area contributed by atoms with Crippen molar-refractivity contribution in [3.05, 3.63) is 30.3 Å². The van der Waals surface area contributed by atoms with Gasteiger partial charge in [-0.3, -0.25) is 9.78 Å². The van der Waals surface area contributed by atoms with E-state index in [0.29, 0.717) is 5.92 Å². The number of carbonyl (C=O) groups is 1. The summed E-state index contributed by atoms with van der Waals surface area (Å²) >= 11 is 0. The predicted octanol–water partition coefficient (Wildman–Crippen LogP) is 3.15. The number of esters is 1. The van der Waals surface area contributed by atoms with Crippen LogP contribution in [-0.4, -0.2) is 22.6 Å². The molecule has 0 N–H and O–H groups in total. The second-order valence-corrected chi connectivity index (χ2v) is 5.77. The number of hydrogen-bond acceptors (Lipinski definition) is 3. The number of nitrogens with zero attached hydrogens (tertiary/aromatic N) is 2. The lowest BCUT2D eigenvalue weighted by atomic mass is 9.82. The van der Waals surface area contributed by atoms with Gasteiger partial charge in [-0.15, -0.1) is 0 Å². The molecule has 0 bridgehead atoms. The molecular formula is C16H19FN2O2. The third-order valence-electron chi connectivity index (χ3n) is 4.42. The summed E-state index contributed by atoms with van der Waals surface area (Å²) < 4.78 is 20.2. The molecule has 21 heavy (non-hydrogen) atoms. The molecule has 2 aromatic heterocycles. The Morgan fingerprint density at radius 1 is 1.43 bits per heavy atom. The molecule has 112 valence electrons. The van der Waals surface area contributed by atoms with Gasteiger partial charge in [0.25, 0.3) is 0 Å². The van der Waals surface area contributed by atoms with E-state index in [2.05, 4.69) is 9.55 Å². The van der Waals surface area contributed by atoms with Gasteiger partial charge in [0.15, 0.2) is 0 Å². The summed E-state index contributed by atoms with van der Waals surface area (Å²) in [7, 11) is 1.45. The molecule has 0 amide bonds. The fourth-order valence-electron chi connectivity index (χ4n) is 3.22. The van der Waals surface area contributed by atoms with Crippen LogP contribution in [0.3, 0.4) is 0 Å². The SMILES string of the molecule is COC(=O)C1CCC(Cn2ccc3ncc(F)cc32)CC1. The molecular weight excluding hydrogens is 271 g/mol. The minimum atomic E-state index is -0.308. The van der Waals surface area contributed by atoms with Crippen LogP contribution in [0, 0.1) is 17.7 Å². The first-order valence-electron chi connectivity index (χ1n) is 7.35. The van der Waals surface area contributed by atoms with Gasteiger partial charge in [-0.1, -0.05) is 0 Å². The average Bonchev–Trinajstić information content (AvgIpc) is 2.89. The number of halogens is 1. The molecule has 2 aromatic rings. The van der Waals surface area contributed by atoms with Gasteiger partial charge in [-0.2, -0.15) is 0 Å². The first kappa shape index (κ1) is 14.0. The van der Waals surface area contributed by atoms with Crippen LogP contribution in [0.5, 0.6) is 0 Å². The Labute approximate surface area is 122 Å². The van der Waals surface area contributed by atoms with E-state index in [1.54, 1.807) is 0 Å². The molecule has 2 heterocycles. The predicted molar refractivity (Wildman–Crippen MR) is 77.2 cm³/mol. The molecule has 4 nitrogen and oxygen atoms in total. The topological polar surface area (TPSA) is 44.1 Å². The van der Waals surface area contributed by atoms with Gasteiger partial charge in [0, 0.05) is 18.8 Å². The van der Waals surface area contributed by atoms with Crippen molar-refractivity contribution in [2.24, 2.45) is 11.8 Å². The largest absolute Gasteiger partial charge is 0.469 e. The number of pyridine rings is 1. The molecule has 0 radical (unpaired) electrons. The molecule has 1 saturated carbocycles. The molecule has 0 unspecified atom stereocenters. The quantitative estimate of drug-likeness (QED) is 0.816. The van der Waals surface area contributed by atoms with Crippen LogP contribution in [0.15, 0.2) is 24.5 Å². The molecule has 0 atom stereocenters. The number of methoxy groups -OCH3 is 1. The molecule has 1 aliphatic carbocycles. The number of ether oxygens (including phenoxy) is 1. The van der Waals surface area contributed by atoms with Crippen LogP contribution in [0.25, 0.3) is 11.0 Å². The first-order valence-corrected chi connectivity index (χ1v) is 7.35. The lowest BCUT2D eigenvalue weighted by molar-refractivity contribution is -0.146. The van der Waals surface area contributed by atoms with E-state index in [4.69, 9.17) is 4.74 Å². The second-order valence-electron chi connectivity index (χ2n) is 5.77. The van der Waals surface area contributed by atoms with Gasteiger partial charge >= 0.3 is 5.97 Å². The zero-order valence-corrected chi connectivity index (χ0v) is 12.1. The summed E-state index contributed by atoms with van der Waals surface area (Å²) in [4.78, 5) is 15.6. The van der Waals surface area contributed by atoms with Gasteiger partial charge in [0.1, 0.15) is 5.82 Å². The third-order valence-corrected chi connectivity index (χ3v) is 4.42. The van der Waals surface area contributed by atoms with Crippen LogP contribution in [0.1, 0.15) is 25.7 Å². The Morgan fingerprint density at radius 3 is 2.90 bits per heavy atom. The van der Waals surface area contributed by atoms with E-state index in [-0.39, 0.29) is 17.7 Å². The molecule has 5 heteroatoms. The molecule has 3 rings (SSSR count). The molecule has 1 aliphatic rings. The number of rotatable bonds is 3. The maximum atomic E-state index is 13.3. The summed E-state index contributed by atoms with van der Waals surface area (Å²) in [6.07, 6.45) is 6.97. The van der Waals surface area contributed by atoms with Crippen molar-refractivity contribution in [1.29, 1.82) is 0 Å². The van der Waals surface area contributed by atoms with Crippen LogP contribution >= 0.6 is 0 Å². The minimum absolute atomic E-state index is 0.0479.